The molecule has 1 aliphatic carbocycles. The maximum absolute atomic E-state index is 9.95. The predicted molar refractivity (Wildman–Crippen MR) is 57.4 cm³/mol. The number of hydrogen-bond donors (Lipinski definition) is 2. The van der Waals surface area contributed by atoms with Crippen LogP contribution in [0.2, 0.25) is 0 Å². The predicted octanol–water partition coefficient (Wildman–Crippen LogP) is 1.31. The zero-order valence-electron chi connectivity index (χ0n) is 9.38. The standard InChI is InChI=1S/C11H23NO2/c1-10(2)12-7-8-14-9-11(13)5-3-4-6-11/h10,12-13H,3-9H2,1-2H3. The summed E-state index contributed by atoms with van der Waals surface area (Å²) in [5.41, 5.74) is -0.516. The molecule has 3 nitrogen and oxygen atoms in total. The van der Waals surface area contributed by atoms with Gasteiger partial charge in [0.25, 0.3) is 0 Å². The molecule has 0 spiro atoms. The minimum atomic E-state index is -0.516. The molecule has 0 aromatic rings. The van der Waals surface area contributed by atoms with Crippen LogP contribution in [-0.4, -0.2) is 36.5 Å². The third-order valence-corrected chi connectivity index (χ3v) is 2.70. The summed E-state index contributed by atoms with van der Waals surface area (Å²) >= 11 is 0. The van der Waals surface area contributed by atoms with Gasteiger partial charge in [0.2, 0.25) is 0 Å². The summed E-state index contributed by atoms with van der Waals surface area (Å²) in [6.07, 6.45) is 4.10. The van der Waals surface area contributed by atoms with Gasteiger partial charge in [-0.05, 0) is 12.8 Å². The van der Waals surface area contributed by atoms with E-state index in [2.05, 4.69) is 19.2 Å². The highest BCUT2D eigenvalue weighted by molar-refractivity contribution is 4.83. The summed E-state index contributed by atoms with van der Waals surface area (Å²) < 4.78 is 5.46. The molecule has 3 heteroatoms. The van der Waals surface area contributed by atoms with Crippen LogP contribution < -0.4 is 5.32 Å². The van der Waals surface area contributed by atoms with Crippen molar-refractivity contribution >= 4 is 0 Å². The molecule has 0 amide bonds. The Hall–Kier alpha value is -0.120. The minimum absolute atomic E-state index is 0.507. The molecule has 0 bridgehead atoms. The number of aliphatic hydroxyl groups is 1. The van der Waals surface area contributed by atoms with Crippen molar-refractivity contribution in [3.8, 4) is 0 Å². The van der Waals surface area contributed by atoms with E-state index in [4.69, 9.17) is 4.74 Å². The fourth-order valence-electron chi connectivity index (χ4n) is 1.86. The molecule has 0 radical (unpaired) electrons. The molecule has 0 saturated heterocycles. The van der Waals surface area contributed by atoms with Crippen molar-refractivity contribution < 1.29 is 9.84 Å². The first-order chi connectivity index (χ1) is 6.62. The van der Waals surface area contributed by atoms with Crippen LogP contribution in [-0.2, 0) is 4.74 Å². The minimum Gasteiger partial charge on any atom is -0.387 e. The van der Waals surface area contributed by atoms with E-state index in [1.165, 1.54) is 0 Å². The number of nitrogens with one attached hydrogen (secondary N) is 1. The van der Waals surface area contributed by atoms with Gasteiger partial charge < -0.3 is 15.2 Å². The lowest BCUT2D eigenvalue weighted by Gasteiger charge is -2.21. The maximum atomic E-state index is 9.95. The molecule has 2 N–H and O–H groups in total. The van der Waals surface area contributed by atoms with E-state index >= 15 is 0 Å². The SMILES string of the molecule is CC(C)NCCOCC1(O)CCCC1. The number of hydrogen-bond acceptors (Lipinski definition) is 3. The highest BCUT2D eigenvalue weighted by Gasteiger charge is 2.30. The molecule has 84 valence electrons. The topological polar surface area (TPSA) is 41.5 Å². The van der Waals surface area contributed by atoms with Crippen LogP contribution in [0, 0.1) is 0 Å². The van der Waals surface area contributed by atoms with Gasteiger partial charge in [-0.15, -0.1) is 0 Å². The summed E-state index contributed by atoms with van der Waals surface area (Å²) in [5, 5.41) is 13.2. The highest BCUT2D eigenvalue weighted by atomic mass is 16.5. The molecule has 0 atom stereocenters. The molecule has 0 heterocycles. The van der Waals surface area contributed by atoms with Crippen molar-refractivity contribution in [1.82, 2.24) is 5.32 Å². The van der Waals surface area contributed by atoms with Gasteiger partial charge in [-0.1, -0.05) is 26.7 Å². The molecule has 14 heavy (non-hydrogen) atoms. The van der Waals surface area contributed by atoms with Crippen molar-refractivity contribution in [2.75, 3.05) is 19.8 Å². The van der Waals surface area contributed by atoms with E-state index in [0.717, 1.165) is 32.2 Å². The fourth-order valence-corrected chi connectivity index (χ4v) is 1.86. The summed E-state index contributed by atoms with van der Waals surface area (Å²) in [6, 6.07) is 0.508. The van der Waals surface area contributed by atoms with Gasteiger partial charge in [-0.25, -0.2) is 0 Å². The average molecular weight is 201 g/mol. The van der Waals surface area contributed by atoms with Gasteiger partial charge in [0.15, 0.2) is 0 Å². The third kappa shape index (κ3) is 4.40. The maximum Gasteiger partial charge on any atom is 0.0880 e. The molecule has 1 saturated carbocycles. The molecular weight excluding hydrogens is 178 g/mol. The Bertz CT molecular complexity index is 153. The molecular formula is C11H23NO2. The van der Waals surface area contributed by atoms with Crippen LogP contribution in [0.3, 0.4) is 0 Å². The molecule has 1 rings (SSSR count). The van der Waals surface area contributed by atoms with Crippen molar-refractivity contribution in [3.05, 3.63) is 0 Å². The van der Waals surface area contributed by atoms with Crippen LogP contribution in [0.15, 0.2) is 0 Å². The van der Waals surface area contributed by atoms with E-state index in [1.54, 1.807) is 0 Å². The Kier molecular flexibility index (Phi) is 4.85. The lowest BCUT2D eigenvalue weighted by atomic mass is 10.0. The van der Waals surface area contributed by atoms with E-state index in [0.29, 0.717) is 19.3 Å². The Labute approximate surface area is 86.8 Å². The van der Waals surface area contributed by atoms with Crippen LogP contribution >= 0.6 is 0 Å². The van der Waals surface area contributed by atoms with E-state index < -0.39 is 5.60 Å². The summed E-state index contributed by atoms with van der Waals surface area (Å²) in [7, 11) is 0. The Morgan fingerprint density at radius 2 is 2.00 bits per heavy atom. The second-order valence-electron chi connectivity index (χ2n) is 4.59. The average Bonchev–Trinajstić information content (AvgIpc) is 2.51. The lowest BCUT2D eigenvalue weighted by Crippen LogP contribution is -2.33. The van der Waals surface area contributed by atoms with Gasteiger partial charge in [0.1, 0.15) is 0 Å². The van der Waals surface area contributed by atoms with E-state index in [9.17, 15) is 5.11 Å². The third-order valence-electron chi connectivity index (χ3n) is 2.70. The van der Waals surface area contributed by atoms with Crippen LogP contribution in [0.1, 0.15) is 39.5 Å². The first kappa shape index (κ1) is 12.0. The molecule has 0 unspecified atom stereocenters. The second-order valence-corrected chi connectivity index (χ2v) is 4.59. The molecule has 1 fully saturated rings. The molecule has 0 aliphatic heterocycles. The second kappa shape index (κ2) is 5.69. The quantitative estimate of drug-likeness (QED) is 0.637. The Balaban J connectivity index is 1.98. The smallest absolute Gasteiger partial charge is 0.0880 e. The van der Waals surface area contributed by atoms with Crippen LogP contribution in [0.4, 0.5) is 0 Å². The summed E-state index contributed by atoms with van der Waals surface area (Å²) in [4.78, 5) is 0. The zero-order valence-corrected chi connectivity index (χ0v) is 9.38. The summed E-state index contributed by atoms with van der Waals surface area (Å²) in [6.45, 7) is 6.30. The van der Waals surface area contributed by atoms with Crippen molar-refractivity contribution in [2.45, 2.75) is 51.2 Å². The van der Waals surface area contributed by atoms with Crippen molar-refractivity contribution in [1.29, 1.82) is 0 Å². The normalized spacial score (nSPS) is 20.6. The van der Waals surface area contributed by atoms with Gasteiger partial charge in [0, 0.05) is 12.6 Å². The van der Waals surface area contributed by atoms with Gasteiger partial charge in [-0.2, -0.15) is 0 Å². The molecule has 0 aromatic carbocycles. The van der Waals surface area contributed by atoms with Gasteiger partial charge >= 0.3 is 0 Å². The largest absolute Gasteiger partial charge is 0.387 e. The van der Waals surface area contributed by atoms with Gasteiger partial charge in [-0.3, -0.25) is 0 Å². The van der Waals surface area contributed by atoms with Crippen LogP contribution in [0.5, 0.6) is 0 Å². The van der Waals surface area contributed by atoms with Crippen molar-refractivity contribution in [2.24, 2.45) is 0 Å². The van der Waals surface area contributed by atoms with E-state index in [-0.39, 0.29) is 0 Å². The Morgan fingerprint density at radius 1 is 1.36 bits per heavy atom. The number of ether oxygens (including phenoxy) is 1. The first-order valence-electron chi connectivity index (χ1n) is 5.66. The van der Waals surface area contributed by atoms with Gasteiger partial charge in [0.05, 0.1) is 18.8 Å². The highest BCUT2D eigenvalue weighted by Crippen LogP contribution is 2.29. The number of rotatable bonds is 6. The Morgan fingerprint density at radius 3 is 2.57 bits per heavy atom. The van der Waals surface area contributed by atoms with E-state index in [1.807, 2.05) is 0 Å². The lowest BCUT2D eigenvalue weighted by molar-refractivity contribution is -0.0405. The summed E-state index contributed by atoms with van der Waals surface area (Å²) in [5.74, 6) is 0. The molecule has 0 aromatic heterocycles. The van der Waals surface area contributed by atoms with Crippen LogP contribution in [0.25, 0.3) is 0 Å². The molecule has 1 aliphatic rings. The zero-order chi connectivity index (χ0) is 10.4. The first-order valence-corrected chi connectivity index (χ1v) is 5.66. The fraction of sp³-hybridized carbons (Fsp3) is 1.00. The monoisotopic (exact) mass is 201 g/mol. The van der Waals surface area contributed by atoms with Crippen molar-refractivity contribution in [3.63, 3.8) is 0 Å².